The first kappa shape index (κ1) is 12.8. The van der Waals surface area contributed by atoms with Crippen LogP contribution in [0, 0.1) is 6.92 Å². The fourth-order valence-electron chi connectivity index (χ4n) is 2.11. The lowest BCUT2D eigenvalue weighted by atomic mass is 10.1. The van der Waals surface area contributed by atoms with Crippen LogP contribution in [0.3, 0.4) is 0 Å². The topological polar surface area (TPSA) is 74.5 Å². The van der Waals surface area contributed by atoms with Gasteiger partial charge in [-0.25, -0.2) is 4.68 Å². The van der Waals surface area contributed by atoms with E-state index in [9.17, 15) is 0 Å². The smallest absolute Gasteiger partial charge is 0.107 e. The second kappa shape index (κ2) is 4.89. The third-order valence-corrected chi connectivity index (χ3v) is 3.13. The van der Waals surface area contributed by atoms with E-state index in [-0.39, 0.29) is 6.04 Å². The molecule has 2 heterocycles. The summed E-state index contributed by atoms with van der Waals surface area (Å²) in [5.41, 5.74) is 9.94. The van der Waals surface area contributed by atoms with Gasteiger partial charge in [-0.15, -0.1) is 5.10 Å². The lowest BCUT2D eigenvalue weighted by Crippen LogP contribution is -2.12. The van der Waals surface area contributed by atoms with Gasteiger partial charge in [-0.2, -0.15) is 5.10 Å². The zero-order chi connectivity index (χ0) is 13.3. The van der Waals surface area contributed by atoms with Gasteiger partial charge in [0, 0.05) is 7.05 Å². The van der Waals surface area contributed by atoms with Gasteiger partial charge in [0.2, 0.25) is 0 Å². The molecule has 0 aliphatic heterocycles. The molecule has 1 unspecified atom stereocenters. The van der Waals surface area contributed by atoms with Crippen LogP contribution in [0.25, 0.3) is 5.69 Å². The van der Waals surface area contributed by atoms with Crippen molar-refractivity contribution in [2.75, 3.05) is 0 Å². The molecule has 0 radical (unpaired) electrons. The molecular weight excluding hydrogens is 228 g/mol. The predicted molar refractivity (Wildman–Crippen MR) is 69.5 cm³/mol. The van der Waals surface area contributed by atoms with Crippen molar-refractivity contribution < 1.29 is 0 Å². The Balaban J connectivity index is 2.52. The summed E-state index contributed by atoms with van der Waals surface area (Å²) in [6.07, 6.45) is 3.66. The first-order valence-corrected chi connectivity index (χ1v) is 6.29. The minimum atomic E-state index is -0.0503. The average Bonchev–Trinajstić information content (AvgIpc) is 2.90. The van der Waals surface area contributed by atoms with Crippen LogP contribution >= 0.6 is 0 Å². The number of nitrogens with two attached hydrogens (primary N) is 1. The summed E-state index contributed by atoms with van der Waals surface area (Å²) in [4.78, 5) is 0. The third-order valence-electron chi connectivity index (χ3n) is 3.13. The maximum absolute atomic E-state index is 6.07. The zero-order valence-electron chi connectivity index (χ0n) is 11.4. The standard InChI is InChI=1S/C12H20N6/c1-5-9(13)12-10(6-2)18(16-14-12)11-7-17(4)15-8(11)3/h7,9H,5-6,13H2,1-4H3. The molecule has 1 atom stereocenters. The Kier molecular flexibility index (Phi) is 3.47. The summed E-state index contributed by atoms with van der Waals surface area (Å²) < 4.78 is 3.64. The highest BCUT2D eigenvalue weighted by Crippen LogP contribution is 2.21. The Bertz CT molecular complexity index is 539. The van der Waals surface area contributed by atoms with E-state index in [2.05, 4.69) is 29.3 Å². The third kappa shape index (κ3) is 2.03. The van der Waals surface area contributed by atoms with Gasteiger partial charge in [0.15, 0.2) is 0 Å². The summed E-state index contributed by atoms with van der Waals surface area (Å²) in [6, 6.07) is -0.0503. The summed E-state index contributed by atoms with van der Waals surface area (Å²) in [5, 5.41) is 12.8. The van der Waals surface area contributed by atoms with Crippen molar-refractivity contribution in [2.45, 2.75) is 39.7 Å². The maximum Gasteiger partial charge on any atom is 0.107 e. The van der Waals surface area contributed by atoms with E-state index < -0.39 is 0 Å². The number of aromatic nitrogens is 5. The minimum Gasteiger partial charge on any atom is -0.323 e. The quantitative estimate of drug-likeness (QED) is 0.884. The van der Waals surface area contributed by atoms with Crippen molar-refractivity contribution in [3.05, 3.63) is 23.3 Å². The average molecular weight is 248 g/mol. The number of rotatable bonds is 4. The molecular formula is C12H20N6. The largest absolute Gasteiger partial charge is 0.323 e. The Morgan fingerprint density at radius 1 is 1.39 bits per heavy atom. The maximum atomic E-state index is 6.07. The van der Waals surface area contributed by atoms with Crippen molar-refractivity contribution >= 4 is 0 Å². The van der Waals surface area contributed by atoms with Crippen molar-refractivity contribution in [1.82, 2.24) is 24.8 Å². The molecule has 0 fully saturated rings. The Morgan fingerprint density at radius 2 is 2.11 bits per heavy atom. The number of hydrogen-bond acceptors (Lipinski definition) is 4. The van der Waals surface area contributed by atoms with Crippen molar-refractivity contribution in [3.8, 4) is 5.69 Å². The lowest BCUT2D eigenvalue weighted by Gasteiger charge is -2.08. The minimum absolute atomic E-state index is 0.0503. The van der Waals surface area contributed by atoms with Crippen molar-refractivity contribution in [3.63, 3.8) is 0 Å². The second-order valence-corrected chi connectivity index (χ2v) is 4.47. The van der Waals surface area contributed by atoms with Crippen LogP contribution in [0.5, 0.6) is 0 Å². The van der Waals surface area contributed by atoms with Crippen LogP contribution in [-0.2, 0) is 13.5 Å². The Hall–Kier alpha value is -1.69. The summed E-state index contributed by atoms with van der Waals surface area (Å²) >= 11 is 0. The molecule has 18 heavy (non-hydrogen) atoms. The molecule has 2 aromatic rings. The van der Waals surface area contributed by atoms with Gasteiger partial charge in [0.1, 0.15) is 11.4 Å². The molecule has 98 valence electrons. The van der Waals surface area contributed by atoms with E-state index in [0.717, 1.165) is 35.6 Å². The predicted octanol–water partition coefficient (Wildman–Crippen LogP) is 1.28. The van der Waals surface area contributed by atoms with Gasteiger partial charge >= 0.3 is 0 Å². The highest BCUT2D eigenvalue weighted by molar-refractivity contribution is 5.35. The van der Waals surface area contributed by atoms with Gasteiger partial charge in [-0.1, -0.05) is 19.1 Å². The van der Waals surface area contributed by atoms with E-state index in [1.807, 2.05) is 24.9 Å². The zero-order valence-corrected chi connectivity index (χ0v) is 11.4. The molecule has 0 spiro atoms. The Labute approximate surface area is 107 Å². The number of aryl methyl sites for hydroxylation is 2. The van der Waals surface area contributed by atoms with Gasteiger partial charge in [0.25, 0.3) is 0 Å². The summed E-state index contributed by atoms with van der Waals surface area (Å²) in [6.45, 7) is 6.11. The Morgan fingerprint density at radius 3 is 2.61 bits per heavy atom. The molecule has 6 heteroatoms. The molecule has 6 nitrogen and oxygen atoms in total. The second-order valence-electron chi connectivity index (χ2n) is 4.47. The van der Waals surface area contributed by atoms with Crippen LogP contribution in [0.4, 0.5) is 0 Å². The molecule has 0 aliphatic carbocycles. The van der Waals surface area contributed by atoms with E-state index in [1.54, 1.807) is 4.68 Å². The van der Waals surface area contributed by atoms with Crippen molar-refractivity contribution in [2.24, 2.45) is 12.8 Å². The summed E-state index contributed by atoms with van der Waals surface area (Å²) in [7, 11) is 1.90. The van der Waals surface area contributed by atoms with Crippen LogP contribution in [0.1, 0.15) is 43.4 Å². The molecule has 2 N–H and O–H groups in total. The fourth-order valence-corrected chi connectivity index (χ4v) is 2.11. The molecule has 2 rings (SSSR count). The monoisotopic (exact) mass is 248 g/mol. The number of hydrogen-bond donors (Lipinski definition) is 1. The molecule has 2 aromatic heterocycles. The molecule has 0 aliphatic rings. The molecule has 0 saturated heterocycles. The molecule has 0 bridgehead atoms. The van der Waals surface area contributed by atoms with Crippen LogP contribution in [0.15, 0.2) is 6.20 Å². The van der Waals surface area contributed by atoms with Crippen LogP contribution in [-0.4, -0.2) is 24.8 Å². The van der Waals surface area contributed by atoms with Gasteiger partial charge in [-0.05, 0) is 19.8 Å². The fraction of sp³-hybridized carbons (Fsp3) is 0.583. The SMILES string of the molecule is CCc1c(C(N)CC)nnn1-c1cn(C)nc1C. The van der Waals surface area contributed by atoms with E-state index in [1.165, 1.54) is 0 Å². The van der Waals surface area contributed by atoms with Crippen LogP contribution in [0.2, 0.25) is 0 Å². The first-order valence-electron chi connectivity index (χ1n) is 6.29. The van der Waals surface area contributed by atoms with E-state index in [4.69, 9.17) is 5.73 Å². The van der Waals surface area contributed by atoms with Gasteiger partial charge in [-0.3, -0.25) is 4.68 Å². The summed E-state index contributed by atoms with van der Waals surface area (Å²) in [5.74, 6) is 0. The highest BCUT2D eigenvalue weighted by Gasteiger charge is 2.19. The molecule has 0 saturated carbocycles. The van der Waals surface area contributed by atoms with Crippen molar-refractivity contribution in [1.29, 1.82) is 0 Å². The molecule has 0 amide bonds. The highest BCUT2D eigenvalue weighted by atomic mass is 15.5. The van der Waals surface area contributed by atoms with Gasteiger partial charge in [0.05, 0.1) is 23.6 Å². The molecule has 0 aromatic carbocycles. The number of nitrogens with zero attached hydrogens (tertiary/aromatic N) is 5. The normalized spacial score (nSPS) is 12.9. The van der Waals surface area contributed by atoms with Gasteiger partial charge < -0.3 is 5.73 Å². The first-order chi connectivity index (χ1) is 8.58. The van der Waals surface area contributed by atoms with E-state index >= 15 is 0 Å². The van der Waals surface area contributed by atoms with Crippen LogP contribution < -0.4 is 5.73 Å². The van der Waals surface area contributed by atoms with E-state index in [0.29, 0.717) is 0 Å². The lowest BCUT2D eigenvalue weighted by molar-refractivity contribution is 0.665.